The van der Waals surface area contributed by atoms with Crippen LogP contribution >= 0.6 is 0 Å². The standard InChI is InChI=1S/C29H30N4O5/c1-4-33-18-25(28(32-33)29(35)30-17-24-6-5-15-37-24)31-27(34)14-10-21-9-13-26(36-3)22(16-21)19-38-23-11-7-20(2)8-12-23/h5-16,18H,4,17,19H2,1-3H3,(H,30,35)(H,31,34)/b14-10+. The fourth-order valence-corrected chi connectivity index (χ4v) is 3.66. The molecule has 2 N–H and O–H groups in total. The summed E-state index contributed by atoms with van der Waals surface area (Å²) >= 11 is 0. The van der Waals surface area contributed by atoms with Crippen LogP contribution in [0, 0.1) is 6.92 Å². The first-order chi connectivity index (χ1) is 18.4. The van der Waals surface area contributed by atoms with Crippen molar-refractivity contribution in [1.82, 2.24) is 15.1 Å². The highest BCUT2D eigenvalue weighted by atomic mass is 16.5. The number of hydrogen-bond donors (Lipinski definition) is 2. The van der Waals surface area contributed by atoms with E-state index in [1.165, 1.54) is 12.3 Å². The van der Waals surface area contributed by atoms with Gasteiger partial charge in [0.05, 0.1) is 25.6 Å². The van der Waals surface area contributed by atoms with Crippen molar-refractivity contribution in [1.29, 1.82) is 0 Å². The Morgan fingerprint density at radius 1 is 1.13 bits per heavy atom. The fourth-order valence-electron chi connectivity index (χ4n) is 3.66. The van der Waals surface area contributed by atoms with E-state index in [2.05, 4.69) is 15.7 Å². The molecule has 0 bridgehead atoms. The molecule has 2 heterocycles. The van der Waals surface area contributed by atoms with Crippen LogP contribution in [0.1, 0.15) is 39.9 Å². The molecule has 2 aromatic carbocycles. The third-order valence-electron chi connectivity index (χ3n) is 5.71. The lowest BCUT2D eigenvalue weighted by Gasteiger charge is -2.11. The minimum Gasteiger partial charge on any atom is -0.496 e. The van der Waals surface area contributed by atoms with Crippen molar-refractivity contribution < 1.29 is 23.5 Å². The van der Waals surface area contributed by atoms with E-state index in [0.29, 0.717) is 30.3 Å². The van der Waals surface area contributed by atoms with Gasteiger partial charge in [-0.15, -0.1) is 0 Å². The van der Waals surface area contributed by atoms with Gasteiger partial charge in [-0.1, -0.05) is 23.8 Å². The van der Waals surface area contributed by atoms with Gasteiger partial charge in [0.15, 0.2) is 5.69 Å². The summed E-state index contributed by atoms with van der Waals surface area (Å²) in [4.78, 5) is 25.4. The van der Waals surface area contributed by atoms with Crippen LogP contribution in [0.25, 0.3) is 6.08 Å². The molecule has 0 aliphatic rings. The SMILES string of the molecule is CCn1cc(NC(=O)/C=C/c2ccc(OC)c(COc3ccc(C)cc3)c2)c(C(=O)NCc2ccco2)n1. The number of amides is 2. The largest absolute Gasteiger partial charge is 0.496 e. The van der Waals surface area contributed by atoms with Crippen LogP contribution in [0.5, 0.6) is 11.5 Å². The molecule has 9 nitrogen and oxygen atoms in total. The zero-order valence-electron chi connectivity index (χ0n) is 21.6. The van der Waals surface area contributed by atoms with Gasteiger partial charge in [-0.3, -0.25) is 14.3 Å². The molecule has 0 spiro atoms. The van der Waals surface area contributed by atoms with Crippen molar-refractivity contribution in [2.24, 2.45) is 0 Å². The second-order valence-electron chi connectivity index (χ2n) is 8.50. The second kappa shape index (κ2) is 12.4. The Balaban J connectivity index is 1.42. The topological polar surface area (TPSA) is 108 Å². The van der Waals surface area contributed by atoms with E-state index in [9.17, 15) is 9.59 Å². The molecule has 0 radical (unpaired) electrons. The summed E-state index contributed by atoms with van der Waals surface area (Å²) < 4.78 is 18.2. The highest BCUT2D eigenvalue weighted by molar-refractivity contribution is 6.06. The molecular formula is C29H30N4O5. The Bertz CT molecular complexity index is 1410. The molecule has 0 aliphatic carbocycles. The molecular weight excluding hydrogens is 484 g/mol. The Morgan fingerprint density at radius 3 is 2.66 bits per heavy atom. The maximum Gasteiger partial charge on any atom is 0.274 e. The molecule has 0 unspecified atom stereocenters. The quantitative estimate of drug-likeness (QED) is 0.274. The Morgan fingerprint density at radius 2 is 1.95 bits per heavy atom. The minimum absolute atomic E-state index is 0.125. The molecule has 2 aromatic heterocycles. The molecule has 38 heavy (non-hydrogen) atoms. The summed E-state index contributed by atoms with van der Waals surface area (Å²) in [5, 5.41) is 9.80. The zero-order valence-corrected chi connectivity index (χ0v) is 21.6. The lowest BCUT2D eigenvalue weighted by Crippen LogP contribution is -2.24. The van der Waals surface area contributed by atoms with Crippen molar-refractivity contribution in [3.8, 4) is 11.5 Å². The van der Waals surface area contributed by atoms with Gasteiger partial charge in [-0.2, -0.15) is 5.10 Å². The van der Waals surface area contributed by atoms with Crippen LogP contribution in [0.4, 0.5) is 5.69 Å². The Hall–Kier alpha value is -4.79. The first kappa shape index (κ1) is 26.3. The third-order valence-corrected chi connectivity index (χ3v) is 5.71. The first-order valence-electron chi connectivity index (χ1n) is 12.2. The van der Waals surface area contributed by atoms with E-state index in [-0.39, 0.29) is 12.2 Å². The van der Waals surface area contributed by atoms with E-state index in [0.717, 1.165) is 22.4 Å². The van der Waals surface area contributed by atoms with Gasteiger partial charge in [0.1, 0.15) is 23.9 Å². The summed E-state index contributed by atoms with van der Waals surface area (Å²) in [6.07, 6.45) is 6.25. The van der Waals surface area contributed by atoms with E-state index < -0.39 is 11.8 Å². The average molecular weight is 515 g/mol. The number of furan rings is 1. The van der Waals surface area contributed by atoms with Crippen LogP contribution in [0.2, 0.25) is 0 Å². The van der Waals surface area contributed by atoms with Gasteiger partial charge in [-0.05, 0) is 61.9 Å². The van der Waals surface area contributed by atoms with Crippen molar-refractivity contribution in [3.63, 3.8) is 0 Å². The number of carbonyl (C=O) groups excluding carboxylic acids is 2. The summed E-state index contributed by atoms with van der Waals surface area (Å²) in [6.45, 7) is 4.99. The highest BCUT2D eigenvalue weighted by Crippen LogP contribution is 2.23. The molecule has 0 fully saturated rings. The number of methoxy groups -OCH3 is 1. The predicted octanol–water partition coefficient (Wildman–Crippen LogP) is 4.97. The van der Waals surface area contributed by atoms with Crippen LogP contribution in [0.15, 0.2) is 77.6 Å². The van der Waals surface area contributed by atoms with Crippen molar-refractivity contribution >= 4 is 23.6 Å². The van der Waals surface area contributed by atoms with Crippen molar-refractivity contribution in [2.75, 3.05) is 12.4 Å². The molecule has 4 rings (SSSR count). The molecule has 9 heteroatoms. The lowest BCUT2D eigenvalue weighted by molar-refractivity contribution is -0.111. The summed E-state index contributed by atoms with van der Waals surface area (Å²) in [5.74, 6) is 1.26. The van der Waals surface area contributed by atoms with E-state index >= 15 is 0 Å². The second-order valence-corrected chi connectivity index (χ2v) is 8.50. The van der Waals surface area contributed by atoms with Crippen LogP contribution in [0.3, 0.4) is 0 Å². The molecule has 0 atom stereocenters. The predicted molar refractivity (Wildman–Crippen MR) is 144 cm³/mol. The van der Waals surface area contributed by atoms with Gasteiger partial charge in [-0.25, -0.2) is 0 Å². The summed E-state index contributed by atoms with van der Waals surface area (Å²) in [7, 11) is 1.60. The van der Waals surface area contributed by atoms with Crippen LogP contribution < -0.4 is 20.1 Å². The van der Waals surface area contributed by atoms with Gasteiger partial charge in [0, 0.05) is 24.4 Å². The van der Waals surface area contributed by atoms with Gasteiger partial charge in [0.25, 0.3) is 5.91 Å². The van der Waals surface area contributed by atoms with Crippen LogP contribution in [-0.2, 0) is 24.5 Å². The minimum atomic E-state index is -0.416. The Labute approximate surface area is 221 Å². The number of nitrogens with one attached hydrogen (secondary N) is 2. The lowest BCUT2D eigenvalue weighted by atomic mass is 10.1. The van der Waals surface area contributed by atoms with Crippen molar-refractivity contribution in [3.05, 3.63) is 101 Å². The third kappa shape index (κ3) is 6.91. The Kier molecular flexibility index (Phi) is 8.61. The van der Waals surface area contributed by atoms with Crippen LogP contribution in [-0.4, -0.2) is 28.7 Å². The molecule has 0 aliphatic heterocycles. The first-order valence-corrected chi connectivity index (χ1v) is 12.2. The number of anilines is 1. The van der Waals surface area contributed by atoms with E-state index in [4.69, 9.17) is 13.9 Å². The van der Waals surface area contributed by atoms with Gasteiger partial charge >= 0.3 is 0 Å². The molecule has 4 aromatic rings. The molecule has 0 saturated heterocycles. The number of benzene rings is 2. The number of carbonyl (C=O) groups is 2. The number of hydrogen-bond acceptors (Lipinski definition) is 6. The van der Waals surface area contributed by atoms with E-state index in [1.54, 1.807) is 36.2 Å². The van der Waals surface area contributed by atoms with E-state index in [1.807, 2.05) is 56.3 Å². The monoisotopic (exact) mass is 514 g/mol. The molecule has 0 saturated carbocycles. The van der Waals surface area contributed by atoms with Gasteiger partial charge < -0.3 is 24.5 Å². The maximum absolute atomic E-state index is 12.7. The number of aromatic nitrogens is 2. The average Bonchev–Trinajstić information content (AvgIpc) is 3.60. The molecule has 2 amide bonds. The normalized spacial score (nSPS) is 10.9. The molecule has 196 valence electrons. The number of ether oxygens (including phenoxy) is 2. The summed E-state index contributed by atoms with van der Waals surface area (Å²) in [6, 6.07) is 16.9. The number of aryl methyl sites for hydroxylation is 2. The summed E-state index contributed by atoms with van der Waals surface area (Å²) in [5.41, 5.74) is 3.24. The number of rotatable bonds is 11. The van der Waals surface area contributed by atoms with Gasteiger partial charge in [0.2, 0.25) is 5.91 Å². The highest BCUT2D eigenvalue weighted by Gasteiger charge is 2.18. The number of nitrogens with zero attached hydrogens (tertiary/aromatic N) is 2. The maximum atomic E-state index is 12.7. The smallest absolute Gasteiger partial charge is 0.274 e. The van der Waals surface area contributed by atoms with Crippen molar-refractivity contribution in [2.45, 2.75) is 33.5 Å². The fraction of sp³-hybridized carbons (Fsp3) is 0.207. The zero-order chi connectivity index (χ0) is 26.9.